The van der Waals surface area contributed by atoms with Crippen LogP contribution in [0.5, 0.6) is 0 Å². The average molecular weight is 601 g/mol. The maximum absolute atomic E-state index is 12.6. The second-order valence-electron chi connectivity index (χ2n) is 11.5. The van der Waals surface area contributed by atoms with Gasteiger partial charge in [-0.05, 0) is 80.0 Å². The first kappa shape index (κ1) is 32.4. The smallest absolute Gasteiger partial charge is 0.313 e. The van der Waals surface area contributed by atoms with Crippen molar-refractivity contribution in [3.63, 3.8) is 0 Å². The molecule has 3 aromatic heterocycles. The van der Waals surface area contributed by atoms with Crippen molar-refractivity contribution in [3.8, 4) is 0 Å². The Morgan fingerprint density at radius 3 is 2.30 bits per heavy atom. The lowest BCUT2D eigenvalue weighted by atomic mass is 9.91. The molecule has 0 radical (unpaired) electrons. The van der Waals surface area contributed by atoms with Crippen molar-refractivity contribution in [3.05, 3.63) is 79.6 Å². The SMILES string of the molecule is C=Cc1c(/C=c2\[nH]/c(=C\c3[nH]cc(C(=O)CC(=O)OC)c3C)c(CC)c2C)[nH]c(/C=C2\NC[C@@H](CCC(=O)OC)[C@@H]2C)c1C. The van der Waals surface area contributed by atoms with Crippen LogP contribution in [0.15, 0.2) is 18.5 Å². The van der Waals surface area contributed by atoms with Crippen LogP contribution in [0.1, 0.15) is 88.4 Å². The number of rotatable bonds is 11. The Kier molecular flexibility index (Phi) is 10.2. The number of esters is 2. The number of ether oxygens (including phenoxy) is 2. The predicted octanol–water partition coefficient (Wildman–Crippen LogP) is 4.35. The quantitative estimate of drug-likeness (QED) is 0.147. The van der Waals surface area contributed by atoms with Crippen molar-refractivity contribution in [2.75, 3.05) is 20.8 Å². The maximum Gasteiger partial charge on any atom is 0.313 e. The van der Waals surface area contributed by atoms with E-state index >= 15 is 0 Å². The van der Waals surface area contributed by atoms with Gasteiger partial charge >= 0.3 is 11.9 Å². The van der Waals surface area contributed by atoms with E-state index in [9.17, 15) is 14.4 Å². The first-order valence-electron chi connectivity index (χ1n) is 15.1. The third-order valence-electron chi connectivity index (χ3n) is 8.98. The van der Waals surface area contributed by atoms with Gasteiger partial charge < -0.3 is 29.7 Å². The van der Waals surface area contributed by atoms with Crippen LogP contribution in [-0.2, 0) is 25.5 Å². The molecule has 0 unspecified atom stereocenters. The molecule has 0 aliphatic carbocycles. The fourth-order valence-electron chi connectivity index (χ4n) is 6.05. The highest BCUT2D eigenvalue weighted by molar-refractivity contribution is 6.07. The molecule has 44 heavy (non-hydrogen) atoms. The van der Waals surface area contributed by atoms with Crippen molar-refractivity contribution in [1.29, 1.82) is 0 Å². The second kappa shape index (κ2) is 13.8. The van der Waals surface area contributed by atoms with Crippen LogP contribution in [0.25, 0.3) is 24.3 Å². The number of nitrogens with one attached hydrogen (secondary N) is 4. The Morgan fingerprint density at radius 2 is 1.64 bits per heavy atom. The molecule has 9 nitrogen and oxygen atoms in total. The summed E-state index contributed by atoms with van der Waals surface area (Å²) >= 11 is 0. The largest absolute Gasteiger partial charge is 0.469 e. The molecule has 0 amide bonds. The zero-order chi connectivity index (χ0) is 32.1. The Labute approximate surface area is 258 Å². The van der Waals surface area contributed by atoms with Gasteiger partial charge in [0.05, 0.1) is 14.2 Å². The molecule has 4 N–H and O–H groups in total. The molecule has 4 rings (SSSR count). The number of ketones is 1. The number of carbonyl (C=O) groups excluding carboxylic acids is 3. The van der Waals surface area contributed by atoms with Crippen molar-refractivity contribution < 1.29 is 23.9 Å². The number of Topliss-reactive ketones (excluding diaryl/α,β-unsaturated/α-hetero) is 1. The van der Waals surface area contributed by atoms with E-state index in [1.165, 1.54) is 19.8 Å². The van der Waals surface area contributed by atoms with E-state index in [1.54, 1.807) is 6.20 Å². The highest BCUT2D eigenvalue weighted by atomic mass is 16.5. The molecule has 1 aliphatic heterocycles. The molecule has 0 aromatic carbocycles. The van der Waals surface area contributed by atoms with Crippen LogP contribution in [0.4, 0.5) is 0 Å². The Bertz CT molecular complexity index is 1730. The summed E-state index contributed by atoms with van der Waals surface area (Å²) in [5.74, 6) is -0.335. The van der Waals surface area contributed by atoms with Crippen molar-refractivity contribution in [2.45, 2.75) is 60.3 Å². The Balaban J connectivity index is 1.68. The summed E-state index contributed by atoms with van der Waals surface area (Å²) in [4.78, 5) is 46.3. The summed E-state index contributed by atoms with van der Waals surface area (Å²) in [6.45, 7) is 15.3. The van der Waals surface area contributed by atoms with Gasteiger partial charge in [0, 0.05) is 69.7 Å². The van der Waals surface area contributed by atoms with E-state index in [2.05, 4.69) is 71.4 Å². The van der Waals surface area contributed by atoms with Crippen molar-refractivity contribution >= 4 is 42.0 Å². The first-order valence-corrected chi connectivity index (χ1v) is 15.1. The van der Waals surface area contributed by atoms with Gasteiger partial charge in [-0.15, -0.1) is 0 Å². The van der Waals surface area contributed by atoms with E-state index < -0.39 is 5.97 Å². The summed E-state index contributed by atoms with van der Waals surface area (Å²) in [7, 11) is 2.70. The molecule has 0 saturated carbocycles. The number of aromatic nitrogens is 3. The summed E-state index contributed by atoms with van der Waals surface area (Å²) < 4.78 is 9.47. The fourth-order valence-corrected chi connectivity index (χ4v) is 6.05. The first-order chi connectivity index (χ1) is 21.0. The summed E-state index contributed by atoms with van der Waals surface area (Å²) in [6, 6.07) is 0. The van der Waals surface area contributed by atoms with E-state index in [0.717, 1.165) is 75.1 Å². The van der Waals surface area contributed by atoms with Gasteiger partial charge in [-0.25, -0.2) is 0 Å². The van der Waals surface area contributed by atoms with Gasteiger partial charge in [0.25, 0.3) is 0 Å². The number of H-pyrrole nitrogens is 3. The van der Waals surface area contributed by atoms with Crippen LogP contribution in [0, 0.1) is 32.6 Å². The van der Waals surface area contributed by atoms with Gasteiger partial charge in [0.2, 0.25) is 0 Å². The van der Waals surface area contributed by atoms with Crippen LogP contribution >= 0.6 is 0 Å². The number of hydrogen-bond acceptors (Lipinski definition) is 6. The van der Waals surface area contributed by atoms with Gasteiger partial charge in [-0.1, -0.05) is 26.5 Å². The van der Waals surface area contributed by atoms with Gasteiger partial charge in [-0.3, -0.25) is 14.4 Å². The molecule has 0 bridgehead atoms. The number of carbonyl (C=O) groups is 3. The minimum absolute atomic E-state index is 0.171. The van der Waals surface area contributed by atoms with Crippen LogP contribution in [-0.4, -0.2) is 53.4 Å². The van der Waals surface area contributed by atoms with Gasteiger partial charge in [0.15, 0.2) is 5.78 Å². The Hall–Kier alpha value is -4.53. The molecule has 1 aliphatic rings. The maximum atomic E-state index is 12.6. The van der Waals surface area contributed by atoms with Gasteiger partial charge in [-0.2, -0.15) is 0 Å². The molecule has 1 fully saturated rings. The molecule has 0 spiro atoms. The van der Waals surface area contributed by atoms with Crippen molar-refractivity contribution in [1.82, 2.24) is 20.3 Å². The third kappa shape index (κ3) is 6.67. The van der Waals surface area contributed by atoms with Gasteiger partial charge in [0.1, 0.15) is 6.42 Å². The number of allylic oxidation sites excluding steroid dienone is 1. The lowest BCUT2D eigenvalue weighted by Crippen LogP contribution is -2.13. The lowest BCUT2D eigenvalue weighted by molar-refractivity contribution is -0.141. The van der Waals surface area contributed by atoms with E-state index in [4.69, 9.17) is 4.74 Å². The molecular formula is C35H44N4O5. The van der Waals surface area contributed by atoms with Crippen LogP contribution < -0.4 is 16.0 Å². The number of methoxy groups -OCH3 is 2. The molecule has 4 heterocycles. The summed E-state index contributed by atoms with van der Waals surface area (Å²) in [6.07, 6.45) is 11.6. The van der Waals surface area contributed by atoms with Crippen LogP contribution in [0.3, 0.4) is 0 Å². The topological polar surface area (TPSA) is 129 Å². The number of hydrogen-bond donors (Lipinski definition) is 4. The fraction of sp³-hybridized carbons (Fsp3) is 0.400. The highest BCUT2D eigenvalue weighted by Gasteiger charge is 2.28. The summed E-state index contributed by atoms with van der Waals surface area (Å²) in [5, 5.41) is 5.49. The van der Waals surface area contributed by atoms with E-state index in [-0.39, 0.29) is 18.2 Å². The average Bonchev–Trinajstić information content (AvgIpc) is 3.72. The van der Waals surface area contributed by atoms with Crippen molar-refractivity contribution in [2.24, 2.45) is 11.8 Å². The zero-order valence-corrected chi connectivity index (χ0v) is 26.8. The molecule has 9 heteroatoms. The number of aromatic amines is 3. The molecular weight excluding hydrogens is 556 g/mol. The standard InChI is InChI=1S/C35H44N4O5/c1-9-24-21(5)30(39-31(24)14-28-22(6)26(18-37-28)33(40)16-35(42)44-8)15-32-25(10-2)20(4)29(38-32)13-27-19(3)23(17-36-27)11-12-34(41)43-7/h10,13-15,18-19,23,36-39H,2,9,11-12,16-17H2,1,3-8H3/b27-13-,30-15-,31-14-/t19-,23+/m0/s1. The minimum atomic E-state index is -0.554. The van der Waals surface area contributed by atoms with Crippen LogP contribution in [0.2, 0.25) is 0 Å². The van der Waals surface area contributed by atoms with E-state index in [1.807, 2.05) is 19.1 Å². The summed E-state index contributed by atoms with van der Waals surface area (Å²) in [5.41, 5.74) is 9.68. The van der Waals surface area contributed by atoms with E-state index in [0.29, 0.717) is 23.8 Å². The molecule has 3 aromatic rings. The second-order valence-corrected chi connectivity index (χ2v) is 11.5. The molecule has 234 valence electrons. The zero-order valence-electron chi connectivity index (χ0n) is 26.8. The monoisotopic (exact) mass is 600 g/mol. The third-order valence-corrected chi connectivity index (χ3v) is 8.98. The molecule has 2 atom stereocenters. The predicted molar refractivity (Wildman–Crippen MR) is 173 cm³/mol. The normalized spacial score (nSPS) is 18.1. The highest BCUT2D eigenvalue weighted by Crippen LogP contribution is 2.31. The molecule has 1 saturated heterocycles. The Morgan fingerprint density at radius 1 is 0.932 bits per heavy atom. The lowest BCUT2D eigenvalue weighted by Gasteiger charge is -2.13. The minimum Gasteiger partial charge on any atom is -0.469 e.